The molecular weight excluding hydrogens is 180 g/mol. The molecule has 0 unspecified atom stereocenters. The molecule has 0 saturated heterocycles. The number of benzene rings is 1. The molecule has 0 aliphatic rings. The first-order valence-electron chi connectivity index (χ1n) is 2.89. The van der Waals surface area contributed by atoms with Crippen molar-refractivity contribution in [1.29, 1.82) is 0 Å². The third kappa shape index (κ3) is 2.26. The maximum absolute atomic E-state index is 12.5. The first-order chi connectivity index (χ1) is 5.54. The van der Waals surface area contributed by atoms with Gasteiger partial charge < -0.3 is 9.90 Å². The average Bonchev–Trinajstić information content (AvgIpc) is 2.00. The zero-order chi connectivity index (χ0) is 9.30. The number of halogens is 3. The van der Waals surface area contributed by atoms with Gasteiger partial charge in [0.2, 0.25) is 0 Å². The van der Waals surface area contributed by atoms with E-state index in [2.05, 4.69) is 0 Å². The third-order valence-electron chi connectivity index (χ3n) is 1.26. The van der Waals surface area contributed by atoms with E-state index in [0.29, 0.717) is 12.1 Å². The molecule has 2 nitrogen and oxygen atoms in total. The van der Waals surface area contributed by atoms with Crippen LogP contribution >= 0.6 is 0 Å². The Kier molecular flexibility index (Phi) is 4.04. The Labute approximate surface area is 83.5 Å². The molecule has 0 amide bonds. The normalized spacial score (nSPS) is 9.15. The van der Waals surface area contributed by atoms with Crippen molar-refractivity contribution in [2.45, 2.75) is 0 Å². The Hall–Kier alpha value is -0.923. The fourth-order valence-corrected chi connectivity index (χ4v) is 0.684. The molecule has 0 saturated carbocycles. The molecule has 1 aromatic carbocycles. The molecule has 6 heteroatoms. The van der Waals surface area contributed by atoms with Crippen molar-refractivity contribution in [3.8, 4) is 0 Å². The van der Waals surface area contributed by atoms with E-state index >= 15 is 0 Å². The number of hydrogen-bond donors (Lipinski definition) is 0. The van der Waals surface area contributed by atoms with Crippen LogP contribution in [0.4, 0.5) is 13.2 Å². The Morgan fingerprint density at radius 2 is 1.69 bits per heavy atom. The maximum Gasteiger partial charge on any atom is 1.00 e. The summed E-state index contributed by atoms with van der Waals surface area (Å²) in [7, 11) is 0. The molecule has 13 heavy (non-hydrogen) atoms. The Balaban J connectivity index is 0.00000144. The minimum Gasteiger partial charge on any atom is -0.545 e. The molecule has 0 spiro atoms. The average molecular weight is 182 g/mol. The van der Waals surface area contributed by atoms with E-state index in [9.17, 15) is 23.1 Å². The van der Waals surface area contributed by atoms with Crippen molar-refractivity contribution < 1.29 is 41.9 Å². The topological polar surface area (TPSA) is 40.1 Å². The molecule has 0 radical (unpaired) electrons. The van der Waals surface area contributed by atoms with Crippen molar-refractivity contribution >= 4 is 5.97 Å². The fraction of sp³-hybridized carbons (Fsp3) is 0. The van der Waals surface area contributed by atoms with Crippen LogP contribution in [0.1, 0.15) is 10.4 Å². The number of aromatic carboxylic acids is 1. The molecule has 0 N–H and O–H groups in total. The summed E-state index contributed by atoms with van der Waals surface area (Å²) in [4.78, 5) is 10.0. The summed E-state index contributed by atoms with van der Waals surface area (Å²) in [6, 6.07) is 1.12. The summed E-state index contributed by atoms with van der Waals surface area (Å²) in [6.07, 6.45) is 0. The summed E-state index contributed by atoms with van der Waals surface area (Å²) in [6.45, 7) is 0. The Morgan fingerprint density at radius 3 is 2.15 bits per heavy atom. The predicted molar refractivity (Wildman–Crippen MR) is 30.6 cm³/mol. The second-order valence-corrected chi connectivity index (χ2v) is 2.01. The van der Waals surface area contributed by atoms with Gasteiger partial charge in [0.1, 0.15) is 0 Å². The first-order valence-corrected chi connectivity index (χ1v) is 2.89. The number of carbonyl (C=O) groups is 1. The number of rotatable bonds is 1. The quantitative estimate of drug-likeness (QED) is 0.355. The van der Waals surface area contributed by atoms with Gasteiger partial charge in [-0.3, -0.25) is 0 Å². The van der Waals surface area contributed by atoms with E-state index in [1.165, 1.54) is 0 Å². The van der Waals surface area contributed by atoms with Crippen molar-refractivity contribution in [2.75, 3.05) is 0 Å². The van der Waals surface area contributed by atoms with Crippen LogP contribution in [0, 0.1) is 17.5 Å². The summed E-state index contributed by atoms with van der Waals surface area (Å²) in [5.74, 6) is -6.87. The minimum atomic E-state index is -1.88. The number of carboxylic acids is 1. The maximum atomic E-state index is 12.5. The molecule has 1 aromatic rings. The van der Waals surface area contributed by atoms with Crippen molar-refractivity contribution in [1.82, 2.24) is 0 Å². The Bertz CT molecular complexity index is 341. The van der Waals surface area contributed by atoms with Gasteiger partial charge in [-0.2, -0.15) is 0 Å². The summed E-state index contributed by atoms with van der Waals surface area (Å²) in [5.41, 5.74) is -0.992. The van der Waals surface area contributed by atoms with E-state index in [1.807, 2.05) is 0 Å². The fourth-order valence-electron chi connectivity index (χ4n) is 0.684. The van der Waals surface area contributed by atoms with Gasteiger partial charge in [-0.25, -0.2) is 13.2 Å². The zero-order valence-electron chi connectivity index (χ0n) is 6.61. The van der Waals surface area contributed by atoms with Gasteiger partial charge >= 0.3 is 18.9 Å². The van der Waals surface area contributed by atoms with Crippen LogP contribution in [0.15, 0.2) is 12.1 Å². The van der Waals surface area contributed by atoms with Crippen molar-refractivity contribution in [3.63, 3.8) is 0 Å². The molecule has 0 fully saturated rings. The number of carbonyl (C=O) groups excluding carboxylic acids is 1. The third-order valence-corrected chi connectivity index (χ3v) is 1.26. The van der Waals surface area contributed by atoms with Gasteiger partial charge in [0.25, 0.3) is 0 Å². The van der Waals surface area contributed by atoms with Crippen LogP contribution in [0.3, 0.4) is 0 Å². The monoisotopic (exact) mass is 182 g/mol. The SMILES string of the molecule is O=C([O-])c1ccc(F)c(F)c1F.[Li+]. The molecule has 0 aliphatic carbocycles. The van der Waals surface area contributed by atoms with Crippen LogP contribution in [0.5, 0.6) is 0 Å². The van der Waals surface area contributed by atoms with Gasteiger partial charge in [0, 0.05) is 5.56 Å². The van der Waals surface area contributed by atoms with E-state index in [4.69, 9.17) is 0 Å². The molecule has 0 atom stereocenters. The van der Waals surface area contributed by atoms with Gasteiger partial charge in [-0.15, -0.1) is 0 Å². The van der Waals surface area contributed by atoms with Gasteiger partial charge in [-0.05, 0) is 12.1 Å². The van der Waals surface area contributed by atoms with E-state index < -0.39 is 29.0 Å². The summed E-state index contributed by atoms with van der Waals surface area (Å²) >= 11 is 0. The molecule has 0 heterocycles. The summed E-state index contributed by atoms with van der Waals surface area (Å²) in [5, 5.41) is 10.0. The van der Waals surface area contributed by atoms with Crippen molar-refractivity contribution in [2.24, 2.45) is 0 Å². The second-order valence-electron chi connectivity index (χ2n) is 2.01. The predicted octanol–water partition coefficient (Wildman–Crippen LogP) is -2.53. The van der Waals surface area contributed by atoms with Crippen LogP contribution in [0.25, 0.3) is 0 Å². The van der Waals surface area contributed by atoms with Gasteiger partial charge in [0.05, 0.1) is 5.97 Å². The van der Waals surface area contributed by atoms with Gasteiger partial charge in [0.15, 0.2) is 17.5 Å². The van der Waals surface area contributed by atoms with E-state index in [1.54, 1.807) is 0 Å². The minimum absolute atomic E-state index is 0. The molecule has 64 valence electrons. The van der Waals surface area contributed by atoms with Crippen LogP contribution in [-0.2, 0) is 0 Å². The number of hydrogen-bond acceptors (Lipinski definition) is 2. The molecular formula is C7H2F3LiO2. The van der Waals surface area contributed by atoms with E-state index in [-0.39, 0.29) is 18.9 Å². The zero-order valence-corrected chi connectivity index (χ0v) is 6.61. The standard InChI is InChI=1S/C7H3F3O2.Li/c8-4-2-1-3(7(11)12)5(9)6(4)10;/h1-2H,(H,11,12);/q;+1/p-1. The smallest absolute Gasteiger partial charge is 0.545 e. The molecule has 0 aromatic heterocycles. The van der Waals surface area contributed by atoms with Crippen LogP contribution in [-0.4, -0.2) is 5.97 Å². The van der Waals surface area contributed by atoms with Crippen LogP contribution in [0.2, 0.25) is 0 Å². The second kappa shape index (κ2) is 4.35. The van der Waals surface area contributed by atoms with Gasteiger partial charge in [-0.1, -0.05) is 0 Å². The first kappa shape index (κ1) is 12.1. The molecule has 1 rings (SSSR count). The Morgan fingerprint density at radius 1 is 1.15 bits per heavy atom. The van der Waals surface area contributed by atoms with Crippen molar-refractivity contribution in [3.05, 3.63) is 35.1 Å². The largest absolute Gasteiger partial charge is 1.00 e. The number of carboxylic acid groups (broad SMARTS) is 1. The van der Waals surface area contributed by atoms with E-state index in [0.717, 1.165) is 0 Å². The van der Waals surface area contributed by atoms with Crippen LogP contribution < -0.4 is 24.0 Å². The molecule has 0 bridgehead atoms. The molecule has 0 aliphatic heterocycles. The summed E-state index contributed by atoms with van der Waals surface area (Å²) < 4.78 is 37.0.